The van der Waals surface area contributed by atoms with Crippen LogP contribution >= 0.6 is 22.9 Å². The van der Waals surface area contributed by atoms with E-state index in [2.05, 4.69) is 25.4 Å². The lowest BCUT2D eigenvalue weighted by Gasteiger charge is -2.11. The maximum Gasteiger partial charge on any atom is 0.267 e. The van der Waals surface area contributed by atoms with Crippen LogP contribution < -0.4 is 15.6 Å². The molecule has 0 aliphatic carbocycles. The molecule has 9 nitrogen and oxygen atoms in total. The monoisotopic (exact) mass is 492 g/mol. The molecular formula is C23H17ClN6O3S. The van der Waals surface area contributed by atoms with Crippen LogP contribution in [-0.2, 0) is 6.61 Å². The van der Waals surface area contributed by atoms with Crippen molar-refractivity contribution in [3.8, 4) is 11.4 Å². The Hall–Kier alpha value is -4.02. The lowest BCUT2D eigenvalue weighted by atomic mass is 10.2. The third kappa shape index (κ3) is 4.28. The molecule has 2 N–H and O–H groups in total. The van der Waals surface area contributed by atoms with Gasteiger partial charge in [-0.2, -0.15) is 5.10 Å². The first-order valence-corrected chi connectivity index (χ1v) is 11.4. The quantitative estimate of drug-likeness (QED) is 0.364. The van der Waals surface area contributed by atoms with Crippen molar-refractivity contribution in [3.63, 3.8) is 0 Å². The fourth-order valence-electron chi connectivity index (χ4n) is 3.38. The summed E-state index contributed by atoms with van der Waals surface area (Å²) in [5, 5.41) is 8.88. The number of hydrogen-bond acceptors (Lipinski definition) is 7. The predicted molar refractivity (Wildman–Crippen MR) is 130 cm³/mol. The van der Waals surface area contributed by atoms with E-state index in [0.29, 0.717) is 48.8 Å². The summed E-state index contributed by atoms with van der Waals surface area (Å²) >= 11 is 7.16. The zero-order chi connectivity index (χ0) is 23.7. The summed E-state index contributed by atoms with van der Waals surface area (Å²) < 4.78 is 7.26. The Balaban J connectivity index is 1.38. The number of aryl methyl sites for hydroxylation is 1. The zero-order valence-corrected chi connectivity index (χ0v) is 19.4. The minimum absolute atomic E-state index is 0.233. The predicted octanol–water partition coefficient (Wildman–Crippen LogP) is 4.36. The molecule has 0 saturated carbocycles. The number of ether oxygens (including phenoxy) is 1. The van der Waals surface area contributed by atoms with Crippen LogP contribution in [0, 0.1) is 6.92 Å². The Bertz CT molecular complexity index is 1560. The van der Waals surface area contributed by atoms with Crippen molar-refractivity contribution >= 4 is 45.6 Å². The highest BCUT2D eigenvalue weighted by Crippen LogP contribution is 2.26. The lowest BCUT2D eigenvalue weighted by Crippen LogP contribution is -2.14. The van der Waals surface area contributed by atoms with Crippen molar-refractivity contribution < 1.29 is 9.53 Å². The second-order valence-electron chi connectivity index (χ2n) is 7.26. The largest absolute Gasteiger partial charge is 0.486 e. The molecule has 0 radical (unpaired) electrons. The Labute approximate surface area is 202 Å². The molecule has 11 heteroatoms. The van der Waals surface area contributed by atoms with Crippen molar-refractivity contribution in [1.29, 1.82) is 0 Å². The summed E-state index contributed by atoms with van der Waals surface area (Å²) in [6.07, 6.45) is 2.76. The molecule has 1 amide bonds. The summed E-state index contributed by atoms with van der Waals surface area (Å²) in [6, 6.07) is 14.2. The fraction of sp³-hybridized carbons (Fsp3) is 0.0870. The number of rotatable bonds is 6. The summed E-state index contributed by atoms with van der Waals surface area (Å²) in [5.74, 6) is 0.360. The van der Waals surface area contributed by atoms with Crippen LogP contribution in [0.3, 0.4) is 0 Å². The number of fused-ring (bicyclic) bond motifs is 1. The highest BCUT2D eigenvalue weighted by Gasteiger charge is 2.19. The second-order valence-corrected chi connectivity index (χ2v) is 8.78. The third-order valence-electron chi connectivity index (χ3n) is 4.97. The molecule has 2 aromatic carbocycles. The van der Waals surface area contributed by atoms with Crippen LogP contribution in [0.5, 0.6) is 5.75 Å². The summed E-state index contributed by atoms with van der Waals surface area (Å²) in [6.45, 7) is 2.01. The summed E-state index contributed by atoms with van der Waals surface area (Å²) in [4.78, 5) is 36.8. The topological polar surface area (TPSA) is 115 Å². The zero-order valence-electron chi connectivity index (χ0n) is 17.8. The number of carbonyl (C=O) groups excluding carboxylic acids is 1. The van der Waals surface area contributed by atoms with Gasteiger partial charge >= 0.3 is 0 Å². The minimum Gasteiger partial charge on any atom is -0.486 e. The Morgan fingerprint density at radius 1 is 1.21 bits per heavy atom. The number of para-hydroxylation sites is 2. The number of hydrogen-bond donors (Lipinski definition) is 2. The lowest BCUT2D eigenvalue weighted by molar-refractivity contribution is 0.102. The maximum atomic E-state index is 13.1. The smallest absolute Gasteiger partial charge is 0.267 e. The molecule has 0 bridgehead atoms. The molecule has 5 rings (SSSR count). The van der Waals surface area contributed by atoms with Crippen LogP contribution in [0.2, 0.25) is 5.02 Å². The van der Waals surface area contributed by atoms with E-state index in [9.17, 15) is 9.59 Å². The van der Waals surface area contributed by atoms with Gasteiger partial charge in [-0.15, -0.1) is 11.3 Å². The summed E-state index contributed by atoms with van der Waals surface area (Å²) in [5.41, 5.74) is 1.81. The van der Waals surface area contributed by atoms with Crippen molar-refractivity contribution in [2.24, 2.45) is 0 Å². The Morgan fingerprint density at radius 3 is 2.82 bits per heavy atom. The van der Waals surface area contributed by atoms with Crippen LogP contribution in [0.4, 0.5) is 5.69 Å². The van der Waals surface area contributed by atoms with Gasteiger partial charge < -0.3 is 15.0 Å². The number of aromatic amines is 1. The number of benzene rings is 2. The van der Waals surface area contributed by atoms with Gasteiger partial charge in [0.2, 0.25) is 0 Å². The van der Waals surface area contributed by atoms with Gasteiger partial charge in [0.25, 0.3) is 11.5 Å². The van der Waals surface area contributed by atoms with Crippen molar-refractivity contribution in [1.82, 2.24) is 24.7 Å². The third-order valence-corrected chi connectivity index (χ3v) is 6.36. The fourth-order valence-corrected chi connectivity index (χ4v) is 4.38. The van der Waals surface area contributed by atoms with Gasteiger partial charge in [-0.3, -0.25) is 9.59 Å². The normalized spacial score (nSPS) is 11.0. The molecular weight excluding hydrogens is 476 g/mol. The molecule has 0 fully saturated rings. The van der Waals surface area contributed by atoms with Crippen LogP contribution in [0.1, 0.15) is 20.4 Å². The van der Waals surface area contributed by atoms with Gasteiger partial charge in [0.15, 0.2) is 5.65 Å². The molecule has 0 aliphatic heterocycles. The van der Waals surface area contributed by atoms with Crippen molar-refractivity contribution in [3.05, 3.63) is 92.0 Å². The highest BCUT2D eigenvalue weighted by atomic mass is 35.5. The van der Waals surface area contributed by atoms with Gasteiger partial charge in [-0.05, 0) is 43.3 Å². The number of halogens is 1. The van der Waals surface area contributed by atoms with Crippen LogP contribution in [0.15, 0.2) is 65.8 Å². The molecule has 0 unspecified atom stereocenters. The minimum atomic E-state index is -0.303. The number of nitrogens with one attached hydrogen (secondary N) is 2. The molecule has 0 saturated heterocycles. The second kappa shape index (κ2) is 9.08. The van der Waals surface area contributed by atoms with E-state index in [1.165, 1.54) is 28.5 Å². The van der Waals surface area contributed by atoms with E-state index in [-0.39, 0.29) is 18.1 Å². The number of thiazole rings is 1. The van der Waals surface area contributed by atoms with Gasteiger partial charge in [0.05, 0.1) is 29.6 Å². The SMILES string of the molecule is Cc1nc(COc2ccc(Cl)cc2)sc1C(=O)Nc1ccccc1-n1ncc2c(=O)[nH]cnc21. The highest BCUT2D eigenvalue weighted by molar-refractivity contribution is 7.13. The Kier molecular flexibility index (Phi) is 5.83. The van der Waals surface area contributed by atoms with E-state index >= 15 is 0 Å². The maximum absolute atomic E-state index is 13.1. The molecule has 34 heavy (non-hydrogen) atoms. The first kappa shape index (κ1) is 21.8. The van der Waals surface area contributed by atoms with E-state index in [4.69, 9.17) is 16.3 Å². The molecule has 170 valence electrons. The molecule has 3 heterocycles. The van der Waals surface area contributed by atoms with Gasteiger partial charge in [0.1, 0.15) is 27.6 Å². The number of aromatic nitrogens is 5. The van der Waals surface area contributed by atoms with E-state index in [0.717, 1.165) is 0 Å². The first-order valence-electron chi connectivity index (χ1n) is 10.2. The molecule has 5 aromatic rings. The van der Waals surface area contributed by atoms with E-state index < -0.39 is 0 Å². The van der Waals surface area contributed by atoms with Gasteiger partial charge in [0, 0.05) is 5.02 Å². The first-order chi connectivity index (χ1) is 16.5. The van der Waals surface area contributed by atoms with E-state index in [1.54, 1.807) is 49.4 Å². The van der Waals surface area contributed by atoms with Gasteiger partial charge in [-0.25, -0.2) is 14.6 Å². The van der Waals surface area contributed by atoms with Crippen LogP contribution in [0.25, 0.3) is 16.7 Å². The van der Waals surface area contributed by atoms with Crippen molar-refractivity contribution in [2.45, 2.75) is 13.5 Å². The number of nitrogens with zero attached hydrogens (tertiary/aromatic N) is 4. The molecule has 0 atom stereocenters. The average molecular weight is 493 g/mol. The molecule has 0 spiro atoms. The Morgan fingerprint density at radius 2 is 2.00 bits per heavy atom. The average Bonchev–Trinajstić information content (AvgIpc) is 3.43. The van der Waals surface area contributed by atoms with E-state index in [1.807, 2.05) is 6.07 Å². The number of H-pyrrole nitrogens is 1. The number of amides is 1. The number of anilines is 1. The molecule has 0 aliphatic rings. The summed E-state index contributed by atoms with van der Waals surface area (Å²) in [7, 11) is 0. The van der Waals surface area contributed by atoms with Crippen molar-refractivity contribution in [2.75, 3.05) is 5.32 Å². The van der Waals surface area contributed by atoms with Gasteiger partial charge in [-0.1, -0.05) is 23.7 Å². The number of carbonyl (C=O) groups is 1. The molecule has 3 aromatic heterocycles. The van der Waals surface area contributed by atoms with Crippen LogP contribution in [-0.4, -0.2) is 30.6 Å². The standard InChI is InChI=1S/C23H17ClN6O3S/c1-13-20(34-19(28-13)11-33-15-8-6-14(24)7-9-15)23(32)29-17-4-2-3-5-18(17)30-21-16(10-27-30)22(31)26-12-25-21/h2-10,12H,11H2,1H3,(H,29,32)(H,25,26,31).